The van der Waals surface area contributed by atoms with Crippen LogP contribution >= 0.6 is 0 Å². The van der Waals surface area contributed by atoms with Gasteiger partial charge in [-0.2, -0.15) is 0 Å². The van der Waals surface area contributed by atoms with Crippen molar-refractivity contribution in [2.45, 2.75) is 26.4 Å². The zero-order chi connectivity index (χ0) is 16.3. The Kier molecular flexibility index (Phi) is 5.13. The lowest BCUT2D eigenvalue weighted by atomic mass is 10.1. The van der Waals surface area contributed by atoms with Gasteiger partial charge < -0.3 is 9.80 Å². The number of rotatable bonds is 3. The highest BCUT2D eigenvalue weighted by Gasteiger charge is 2.34. The quantitative estimate of drug-likeness (QED) is 0.816. The molecule has 1 aliphatic heterocycles. The molecular formula is C16H24N4O2. The molecule has 1 saturated heterocycles. The van der Waals surface area contributed by atoms with Crippen LogP contribution in [0.25, 0.3) is 0 Å². The van der Waals surface area contributed by atoms with E-state index in [4.69, 9.17) is 0 Å². The summed E-state index contributed by atoms with van der Waals surface area (Å²) in [5, 5.41) is 0. The minimum Gasteiger partial charge on any atom is -0.347 e. The molecule has 120 valence electrons. The molecule has 0 radical (unpaired) electrons. The predicted octanol–water partition coefficient (Wildman–Crippen LogP) is 0.511. The van der Waals surface area contributed by atoms with Crippen molar-refractivity contribution in [2.75, 3.05) is 33.7 Å². The third kappa shape index (κ3) is 3.82. The molecule has 1 aliphatic rings. The van der Waals surface area contributed by atoms with Gasteiger partial charge in [0.2, 0.25) is 11.8 Å². The number of carbonyl (C=O) groups is 2. The van der Waals surface area contributed by atoms with Crippen molar-refractivity contribution in [3.8, 4) is 0 Å². The van der Waals surface area contributed by atoms with Crippen molar-refractivity contribution in [3.63, 3.8) is 0 Å². The molecule has 0 saturated carbocycles. The molecule has 0 aliphatic carbocycles. The predicted molar refractivity (Wildman–Crippen MR) is 84.1 cm³/mol. The molecule has 1 aromatic rings. The van der Waals surface area contributed by atoms with E-state index in [0.29, 0.717) is 26.2 Å². The molecule has 2 rings (SSSR count). The number of aryl methyl sites for hydroxylation is 1. The van der Waals surface area contributed by atoms with Crippen LogP contribution in [-0.4, -0.2) is 71.3 Å². The van der Waals surface area contributed by atoms with Crippen molar-refractivity contribution in [1.29, 1.82) is 0 Å². The lowest BCUT2D eigenvalue weighted by Crippen LogP contribution is -2.59. The van der Waals surface area contributed by atoms with Gasteiger partial charge in [0.05, 0.1) is 5.69 Å². The van der Waals surface area contributed by atoms with Crippen LogP contribution in [0.1, 0.15) is 18.3 Å². The first-order valence-corrected chi connectivity index (χ1v) is 7.51. The van der Waals surface area contributed by atoms with E-state index in [1.54, 1.807) is 30.8 Å². The van der Waals surface area contributed by atoms with Crippen LogP contribution in [0.3, 0.4) is 0 Å². The largest absolute Gasteiger partial charge is 0.347 e. The highest BCUT2D eigenvalue weighted by molar-refractivity contribution is 5.83. The third-order valence-electron chi connectivity index (χ3n) is 3.97. The molecule has 0 N–H and O–H groups in total. The van der Waals surface area contributed by atoms with E-state index in [1.807, 2.05) is 25.1 Å². The molecule has 1 atom stereocenters. The van der Waals surface area contributed by atoms with Crippen LogP contribution in [-0.2, 0) is 16.1 Å². The van der Waals surface area contributed by atoms with Crippen molar-refractivity contribution in [1.82, 2.24) is 19.7 Å². The van der Waals surface area contributed by atoms with Gasteiger partial charge in [-0.1, -0.05) is 6.07 Å². The topological polar surface area (TPSA) is 56.8 Å². The van der Waals surface area contributed by atoms with Crippen molar-refractivity contribution in [2.24, 2.45) is 0 Å². The van der Waals surface area contributed by atoms with Gasteiger partial charge in [0.15, 0.2) is 0 Å². The Morgan fingerprint density at radius 2 is 2.05 bits per heavy atom. The molecule has 1 fully saturated rings. The van der Waals surface area contributed by atoms with E-state index in [1.165, 1.54) is 0 Å². The molecule has 0 spiro atoms. The van der Waals surface area contributed by atoms with Crippen LogP contribution in [0.15, 0.2) is 18.2 Å². The molecule has 0 bridgehead atoms. The second-order valence-electron chi connectivity index (χ2n) is 5.95. The maximum atomic E-state index is 12.5. The van der Waals surface area contributed by atoms with Crippen molar-refractivity contribution in [3.05, 3.63) is 29.6 Å². The van der Waals surface area contributed by atoms with Crippen LogP contribution in [0.4, 0.5) is 0 Å². The van der Waals surface area contributed by atoms with E-state index in [2.05, 4.69) is 9.88 Å². The maximum absolute atomic E-state index is 12.5. The summed E-state index contributed by atoms with van der Waals surface area (Å²) in [6.45, 7) is 5.91. The Morgan fingerprint density at radius 3 is 2.64 bits per heavy atom. The van der Waals surface area contributed by atoms with Gasteiger partial charge in [0, 0.05) is 52.9 Å². The van der Waals surface area contributed by atoms with Crippen LogP contribution < -0.4 is 0 Å². The number of pyridine rings is 1. The molecule has 6 heteroatoms. The van der Waals surface area contributed by atoms with Crippen LogP contribution in [0.5, 0.6) is 0 Å². The van der Waals surface area contributed by atoms with Crippen LogP contribution in [0, 0.1) is 6.92 Å². The Labute approximate surface area is 131 Å². The number of piperazine rings is 1. The zero-order valence-electron chi connectivity index (χ0n) is 13.7. The highest BCUT2D eigenvalue weighted by Crippen LogP contribution is 2.15. The summed E-state index contributed by atoms with van der Waals surface area (Å²) in [6, 6.07) is 5.60. The maximum Gasteiger partial charge on any atom is 0.241 e. The minimum absolute atomic E-state index is 0.0184. The second-order valence-corrected chi connectivity index (χ2v) is 5.95. The average molecular weight is 304 g/mol. The standard InChI is InChI=1S/C16H24N4O2/c1-12-6-5-7-14(17-12)10-20-9-8-19(13(2)21)11-15(20)16(22)18(3)4/h5-7,15H,8-11H2,1-4H3. The van der Waals surface area contributed by atoms with Crippen molar-refractivity contribution >= 4 is 11.8 Å². The fourth-order valence-electron chi connectivity index (χ4n) is 2.72. The number of hydrogen-bond acceptors (Lipinski definition) is 4. The van der Waals surface area contributed by atoms with E-state index >= 15 is 0 Å². The Bertz CT molecular complexity index is 559. The minimum atomic E-state index is -0.310. The van der Waals surface area contributed by atoms with E-state index < -0.39 is 0 Å². The molecule has 1 aromatic heterocycles. The number of likely N-dealkylation sites (N-methyl/N-ethyl adjacent to an activating group) is 1. The summed E-state index contributed by atoms with van der Waals surface area (Å²) < 4.78 is 0. The van der Waals surface area contributed by atoms with Gasteiger partial charge in [0.25, 0.3) is 0 Å². The first-order chi connectivity index (χ1) is 10.4. The van der Waals surface area contributed by atoms with Gasteiger partial charge in [0.1, 0.15) is 6.04 Å². The normalized spacial score (nSPS) is 19.1. The number of aromatic nitrogens is 1. The third-order valence-corrected chi connectivity index (χ3v) is 3.97. The smallest absolute Gasteiger partial charge is 0.241 e. The number of amides is 2. The van der Waals surface area contributed by atoms with E-state index in [0.717, 1.165) is 11.4 Å². The fraction of sp³-hybridized carbons (Fsp3) is 0.562. The number of hydrogen-bond donors (Lipinski definition) is 0. The zero-order valence-corrected chi connectivity index (χ0v) is 13.7. The van der Waals surface area contributed by atoms with E-state index in [-0.39, 0.29) is 17.9 Å². The summed E-state index contributed by atoms with van der Waals surface area (Å²) in [7, 11) is 3.50. The van der Waals surface area contributed by atoms with Gasteiger partial charge in [-0.3, -0.25) is 19.5 Å². The SMILES string of the molecule is CC(=O)N1CCN(Cc2cccc(C)n2)C(C(=O)N(C)C)C1. The Hall–Kier alpha value is -1.95. The first kappa shape index (κ1) is 16.4. The monoisotopic (exact) mass is 304 g/mol. The van der Waals surface area contributed by atoms with Gasteiger partial charge in [-0.25, -0.2) is 0 Å². The fourth-order valence-corrected chi connectivity index (χ4v) is 2.72. The molecule has 6 nitrogen and oxygen atoms in total. The molecule has 22 heavy (non-hydrogen) atoms. The summed E-state index contributed by atoms with van der Waals surface area (Å²) in [5.41, 5.74) is 1.92. The van der Waals surface area contributed by atoms with Crippen molar-refractivity contribution < 1.29 is 9.59 Å². The lowest BCUT2D eigenvalue weighted by molar-refractivity contribution is -0.141. The van der Waals surface area contributed by atoms with Crippen LogP contribution in [0.2, 0.25) is 0 Å². The second kappa shape index (κ2) is 6.87. The summed E-state index contributed by atoms with van der Waals surface area (Å²) in [5.74, 6) is 0.0449. The van der Waals surface area contributed by atoms with Gasteiger partial charge in [-0.05, 0) is 19.1 Å². The molecule has 2 heterocycles. The molecule has 0 aromatic carbocycles. The molecular weight excluding hydrogens is 280 g/mol. The van der Waals surface area contributed by atoms with Gasteiger partial charge >= 0.3 is 0 Å². The lowest BCUT2D eigenvalue weighted by Gasteiger charge is -2.41. The number of carbonyl (C=O) groups excluding carboxylic acids is 2. The summed E-state index contributed by atoms with van der Waals surface area (Å²) in [6.07, 6.45) is 0. The Morgan fingerprint density at radius 1 is 1.32 bits per heavy atom. The van der Waals surface area contributed by atoms with E-state index in [9.17, 15) is 9.59 Å². The summed E-state index contributed by atoms with van der Waals surface area (Å²) in [4.78, 5) is 34.0. The van der Waals surface area contributed by atoms with Gasteiger partial charge in [-0.15, -0.1) is 0 Å². The Balaban J connectivity index is 2.16. The number of nitrogens with zero attached hydrogens (tertiary/aromatic N) is 4. The summed E-state index contributed by atoms with van der Waals surface area (Å²) >= 11 is 0. The molecule has 2 amide bonds. The highest BCUT2D eigenvalue weighted by atomic mass is 16.2. The molecule has 1 unspecified atom stereocenters. The average Bonchev–Trinajstić information content (AvgIpc) is 2.46. The first-order valence-electron chi connectivity index (χ1n) is 7.51.